The molecule has 1 aromatic heterocycles. The quantitative estimate of drug-likeness (QED) is 0.545. The summed E-state index contributed by atoms with van der Waals surface area (Å²) in [5, 5.41) is 8.58. The average molecular weight is 490 g/mol. The normalized spacial score (nSPS) is 23.1. The molecule has 2 aliphatic rings. The summed E-state index contributed by atoms with van der Waals surface area (Å²) in [5.74, 6) is -0.328. The van der Waals surface area contributed by atoms with Gasteiger partial charge >= 0.3 is 0 Å². The number of aromatic nitrogens is 3. The van der Waals surface area contributed by atoms with E-state index in [0.29, 0.717) is 35.4 Å². The van der Waals surface area contributed by atoms with Crippen LogP contribution in [0.4, 0.5) is 5.69 Å². The van der Waals surface area contributed by atoms with Gasteiger partial charge in [0.1, 0.15) is 37.7 Å². The zero-order chi connectivity index (χ0) is 22.7. The number of benzene rings is 2. The van der Waals surface area contributed by atoms with Gasteiger partial charge in [0.05, 0.1) is 11.6 Å². The molecule has 0 saturated carbocycles. The van der Waals surface area contributed by atoms with Crippen molar-refractivity contribution in [1.29, 1.82) is 0 Å². The lowest BCUT2D eigenvalue weighted by molar-refractivity contribution is -0.190. The zero-order valence-electron chi connectivity index (χ0n) is 18.0. The summed E-state index contributed by atoms with van der Waals surface area (Å²) >= 11 is 12.6. The van der Waals surface area contributed by atoms with Crippen LogP contribution in [-0.4, -0.2) is 60.3 Å². The Kier molecular flexibility index (Phi) is 6.71. The van der Waals surface area contributed by atoms with Crippen molar-refractivity contribution in [2.45, 2.75) is 18.4 Å². The Morgan fingerprint density at radius 1 is 1.12 bits per heavy atom. The molecule has 33 heavy (non-hydrogen) atoms. The van der Waals surface area contributed by atoms with E-state index in [1.54, 1.807) is 23.1 Å². The van der Waals surface area contributed by atoms with Gasteiger partial charge in [0, 0.05) is 42.5 Å². The lowest BCUT2D eigenvalue weighted by Crippen LogP contribution is -2.43. The van der Waals surface area contributed by atoms with Crippen molar-refractivity contribution in [3.63, 3.8) is 0 Å². The van der Waals surface area contributed by atoms with Crippen molar-refractivity contribution in [2.75, 3.05) is 44.3 Å². The van der Waals surface area contributed by atoms with Crippen LogP contribution in [-0.2, 0) is 21.8 Å². The molecule has 0 bridgehead atoms. The highest BCUT2D eigenvalue weighted by Crippen LogP contribution is 2.40. The molecule has 5 rings (SSSR count). The second kappa shape index (κ2) is 9.87. The van der Waals surface area contributed by atoms with Gasteiger partial charge in [0.15, 0.2) is 0 Å². The summed E-state index contributed by atoms with van der Waals surface area (Å²) in [7, 11) is 0. The standard InChI is InChI=1S/C23H25Cl2N5O3/c24-17-1-6-21(22(25)11-17)23(14-30-16-27-15-28-30)32-13-20(33-23)12-31-19-4-2-18(3-5-19)29-9-7-26-8-10-29/h1-6,11,15-16,20,26H,7-10,12-14H2/t20-,23?/m0/s1. The molecule has 2 atom stereocenters. The average Bonchev–Trinajstić information content (AvgIpc) is 3.49. The number of nitrogens with zero attached hydrogens (tertiary/aromatic N) is 4. The second-order valence-electron chi connectivity index (χ2n) is 8.06. The molecular formula is C23H25Cl2N5O3. The molecule has 1 N–H and O–H groups in total. The molecule has 0 aliphatic carbocycles. The summed E-state index contributed by atoms with van der Waals surface area (Å²) in [5.41, 5.74) is 1.89. The summed E-state index contributed by atoms with van der Waals surface area (Å²) in [6.45, 7) is 5.02. The Morgan fingerprint density at radius 2 is 1.94 bits per heavy atom. The Hall–Kier alpha value is -2.36. The maximum atomic E-state index is 6.51. The van der Waals surface area contributed by atoms with Gasteiger partial charge < -0.3 is 24.4 Å². The SMILES string of the molecule is Clc1ccc(C2(Cn3cncn3)OC[C@H](COc3ccc(N4CCNCC4)cc3)O2)c(Cl)c1. The molecule has 2 saturated heterocycles. The third-order valence-corrected chi connectivity index (χ3v) is 6.34. The Bertz CT molecular complexity index is 1060. The summed E-state index contributed by atoms with van der Waals surface area (Å²) < 4.78 is 20.3. The molecular weight excluding hydrogens is 465 g/mol. The lowest BCUT2D eigenvalue weighted by atomic mass is 10.1. The van der Waals surface area contributed by atoms with E-state index < -0.39 is 5.79 Å². The zero-order valence-corrected chi connectivity index (χ0v) is 19.5. The number of hydrogen-bond donors (Lipinski definition) is 1. The fourth-order valence-corrected chi connectivity index (χ4v) is 4.70. The smallest absolute Gasteiger partial charge is 0.217 e. The lowest BCUT2D eigenvalue weighted by Gasteiger charge is -2.29. The molecule has 2 fully saturated rings. The van der Waals surface area contributed by atoms with Crippen LogP contribution in [0, 0.1) is 0 Å². The number of ether oxygens (including phenoxy) is 3. The van der Waals surface area contributed by atoms with Crippen LogP contribution in [0.15, 0.2) is 55.1 Å². The van der Waals surface area contributed by atoms with Crippen molar-refractivity contribution in [3.8, 4) is 5.75 Å². The van der Waals surface area contributed by atoms with E-state index in [1.807, 2.05) is 18.2 Å². The van der Waals surface area contributed by atoms with Crippen molar-refractivity contribution in [2.24, 2.45) is 0 Å². The van der Waals surface area contributed by atoms with E-state index in [2.05, 4.69) is 32.4 Å². The van der Waals surface area contributed by atoms with Gasteiger partial charge in [-0.15, -0.1) is 0 Å². The maximum absolute atomic E-state index is 6.51. The van der Waals surface area contributed by atoms with Crippen molar-refractivity contribution >= 4 is 28.9 Å². The monoisotopic (exact) mass is 489 g/mol. The molecule has 2 aliphatic heterocycles. The highest BCUT2D eigenvalue weighted by atomic mass is 35.5. The molecule has 3 heterocycles. The van der Waals surface area contributed by atoms with Gasteiger partial charge in [-0.25, -0.2) is 9.67 Å². The van der Waals surface area contributed by atoms with Crippen LogP contribution in [0.1, 0.15) is 5.56 Å². The van der Waals surface area contributed by atoms with E-state index in [0.717, 1.165) is 31.9 Å². The molecule has 0 amide bonds. The van der Waals surface area contributed by atoms with Crippen LogP contribution < -0.4 is 15.0 Å². The Morgan fingerprint density at radius 3 is 2.67 bits per heavy atom. The number of rotatable bonds is 7. The number of piperazine rings is 1. The van der Waals surface area contributed by atoms with Gasteiger partial charge in [0.2, 0.25) is 5.79 Å². The first-order valence-electron chi connectivity index (χ1n) is 10.9. The van der Waals surface area contributed by atoms with E-state index >= 15 is 0 Å². The maximum Gasteiger partial charge on any atom is 0.217 e. The van der Waals surface area contributed by atoms with Crippen LogP contribution >= 0.6 is 23.2 Å². The fourth-order valence-electron chi connectivity index (χ4n) is 4.15. The Balaban J connectivity index is 1.26. The first-order chi connectivity index (χ1) is 16.1. The summed E-state index contributed by atoms with van der Waals surface area (Å²) in [6, 6.07) is 13.4. The predicted molar refractivity (Wildman–Crippen MR) is 126 cm³/mol. The van der Waals surface area contributed by atoms with Crippen LogP contribution in [0.5, 0.6) is 5.75 Å². The minimum absolute atomic E-state index is 0.284. The van der Waals surface area contributed by atoms with Gasteiger partial charge in [-0.05, 0) is 36.4 Å². The topological polar surface area (TPSA) is 73.7 Å². The summed E-state index contributed by atoms with van der Waals surface area (Å²) in [6.07, 6.45) is 2.80. The first-order valence-corrected chi connectivity index (χ1v) is 11.7. The molecule has 10 heteroatoms. The largest absolute Gasteiger partial charge is 0.491 e. The van der Waals surface area contributed by atoms with Crippen molar-refractivity contribution in [1.82, 2.24) is 20.1 Å². The third kappa shape index (κ3) is 5.10. The van der Waals surface area contributed by atoms with E-state index in [4.69, 9.17) is 37.4 Å². The molecule has 0 radical (unpaired) electrons. The second-order valence-corrected chi connectivity index (χ2v) is 8.91. The third-order valence-electron chi connectivity index (χ3n) is 5.79. The van der Waals surface area contributed by atoms with E-state index in [1.165, 1.54) is 12.0 Å². The predicted octanol–water partition coefficient (Wildman–Crippen LogP) is 3.34. The number of nitrogens with one attached hydrogen (secondary N) is 1. The molecule has 1 unspecified atom stereocenters. The number of hydrogen-bond acceptors (Lipinski definition) is 7. The first kappa shape index (κ1) is 22.4. The minimum atomic E-state index is -1.12. The Labute approximate surface area is 202 Å². The number of halogens is 2. The molecule has 0 spiro atoms. The van der Waals surface area contributed by atoms with Crippen molar-refractivity contribution < 1.29 is 14.2 Å². The fraction of sp³-hybridized carbons (Fsp3) is 0.391. The molecule has 8 nitrogen and oxygen atoms in total. The number of anilines is 1. The van der Waals surface area contributed by atoms with E-state index in [9.17, 15) is 0 Å². The van der Waals surface area contributed by atoms with Crippen molar-refractivity contribution in [3.05, 3.63) is 70.7 Å². The van der Waals surface area contributed by atoms with Crippen LogP contribution in [0.2, 0.25) is 10.0 Å². The van der Waals surface area contributed by atoms with Crippen LogP contribution in [0.3, 0.4) is 0 Å². The van der Waals surface area contributed by atoms with E-state index in [-0.39, 0.29) is 6.10 Å². The molecule has 2 aromatic carbocycles. The van der Waals surface area contributed by atoms with Gasteiger partial charge in [-0.1, -0.05) is 29.3 Å². The molecule has 174 valence electrons. The summed E-state index contributed by atoms with van der Waals surface area (Å²) in [4.78, 5) is 6.38. The minimum Gasteiger partial charge on any atom is -0.491 e. The van der Waals surface area contributed by atoms with Crippen LogP contribution in [0.25, 0.3) is 0 Å². The highest BCUT2D eigenvalue weighted by Gasteiger charge is 2.45. The van der Waals surface area contributed by atoms with Gasteiger partial charge in [-0.2, -0.15) is 5.10 Å². The van der Waals surface area contributed by atoms with Gasteiger partial charge in [-0.3, -0.25) is 0 Å². The van der Waals surface area contributed by atoms with Gasteiger partial charge in [0.25, 0.3) is 0 Å². The molecule has 3 aromatic rings. The highest BCUT2D eigenvalue weighted by molar-refractivity contribution is 6.35.